The number of fused-ring (bicyclic) bond motifs is 1. The van der Waals surface area contributed by atoms with E-state index in [-0.39, 0.29) is 0 Å². The first-order valence-electron chi connectivity index (χ1n) is 7.03. The molecule has 21 heavy (non-hydrogen) atoms. The van der Waals surface area contributed by atoms with Crippen LogP contribution in [-0.2, 0) is 6.54 Å². The Morgan fingerprint density at radius 3 is 2.86 bits per heavy atom. The molecule has 106 valence electrons. The maximum Gasteiger partial charge on any atom is 0.130 e. The summed E-state index contributed by atoms with van der Waals surface area (Å²) in [6, 6.07) is 16.2. The lowest BCUT2D eigenvalue weighted by atomic mass is 10.1. The van der Waals surface area contributed by atoms with Crippen LogP contribution < -0.4 is 10.1 Å². The Balaban J connectivity index is 1.92. The average Bonchev–Trinajstić information content (AvgIpc) is 2.51. The second kappa shape index (κ2) is 5.94. The highest BCUT2D eigenvalue weighted by molar-refractivity contribution is 5.79. The van der Waals surface area contributed by atoms with Crippen LogP contribution in [0.1, 0.15) is 11.1 Å². The number of benzene rings is 2. The predicted octanol–water partition coefficient (Wildman–Crippen LogP) is 4.05. The fourth-order valence-electron chi connectivity index (χ4n) is 2.31. The fraction of sp³-hybridized carbons (Fsp3) is 0.167. The van der Waals surface area contributed by atoms with E-state index >= 15 is 0 Å². The molecule has 0 radical (unpaired) electrons. The Labute approximate surface area is 124 Å². The molecular formula is C18H18N2O. The molecule has 0 amide bonds. The lowest BCUT2D eigenvalue weighted by molar-refractivity contribution is 0.478. The monoisotopic (exact) mass is 278 g/mol. The molecule has 3 rings (SSSR count). The number of nitrogens with zero attached hydrogens (tertiary/aromatic N) is 1. The van der Waals surface area contributed by atoms with E-state index in [2.05, 4.69) is 35.4 Å². The largest absolute Gasteiger partial charge is 0.457 e. The van der Waals surface area contributed by atoms with Gasteiger partial charge in [-0.05, 0) is 49.4 Å². The standard InChI is InChI=1S/C18H18N2O/c1-13-5-6-14(12-19-2)10-18(13)21-16-8-7-15-4-3-9-20-17(15)11-16/h3-11,19H,12H2,1-2H3. The highest BCUT2D eigenvalue weighted by Crippen LogP contribution is 2.28. The second-order valence-electron chi connectivity index (χ2n) is 5.09. The second-order valence-corrected chi connectivity index (χ2v) is 5.09. The quantitative estimate of drug-likeness (QED) is 0.781. The zero-order chi connectivity index (χ0) is 14.7. The van der Waals surface area contributed by atoms with E-state index in [4.69, 9.17) is 4.74 Å². The molecular weight excluding hydrogens is 260 g/mol. The van der Waals surface area contributed by atoms with Crippen molar-refractivity contribution >= 4 is 10.9 Å². The Hall–Kier alpha value is -2.39. The summed E-state index contributed by atoms with van der Waals surface area (Å²) in [6.07, 6.45) is 1.80. The number of pyridine rings is 1. The van der Waals surface area contributed by atoms with Gasteiger partial charge in [0.15, 0.2) is 0 Å². The van der Waals surface area contributed by atoms with Crippen molar-refractivity contribution in [3.63, 3.8) is 0 Å². The zero-order valence-electron chi connectivity index (χ0n) is 12.3. The molecule has 0 saturated carbocycles. The number of aromatic nitrogens is 1. The molecule has 3 heteroatoms. The van der Waals surface area contributed by atoms with Crippen molar-refractivity contribution in [3.05, 3.63) is 65.9 Å². The van der Waals surface area contributed by atoms with Gasteiger partial charge in [0.05, 0.1) is 5.52 Å². The zero-order valence-corrected chi connectivity index (χ0v) is 12.3. The minimum Gasteiger partial charge on any atom is -0.457 e. The van der Waals surface area contributed by atoms with Crippen molar-refractivity contribution in [2.75, 3.05) is 7.05 Å². The van der Waals surface area contributed by atoms with Gasteiger partial charge in [0.25, 0.3) is 0 Å². The summed E-state index contributed by atoms with van der Waals surface area (Å²) in [7, 11) is 1.94. The van der Waals surface area contributed by atoms with Crippen molar-refractivity contribution in [3.8, 4) is 11.5 Å². The van der Waals surface area contributed by atoms with Gasteiger partial charge in [0, 0.05) is 24.2 Å². The maximum absolute atomic E-state index is 6.04. The van der Waals surface area contributed by atoms with Crippen LogP contribution in [0.25, 0.3) is 10.9 Å². The molecule has 1 heterocycles. The SMILES string of the molecule is CNCc1ccc(C)c(Oc2ccc3cccnc3c2)c1. The van der Waals surface area contributed by atoms with E-state index in [0.717, 1.165) is 34.5 Å². The van der Waals surface area contributed by atoms with Crippen LogP contribution >= 0.6 is 0 Å². The third kappa shape index (κ3) is 3.03. The lowest BCUT2D eigenvalue weighted by Gasteiger charge is -2.11. The van der Waals surface area contributed by atoms with Gasteiger partial charge in [-0.1, -0.05) is 18.2 Å². The first kappa shape index (κ1) is 13.6. The summed E-state index contributed by atoms with van der Waals surface area (Å²) in [5.41, 5.74) is 3.27. The van der Waals surface area contributed by atoms with Crippen molar-refractivity contribution < 1.29 is 4.74 Å². The van der Waals surface area contributed by atoms with E-state index in [1.165, 1.54) is 5.56 Å². The number of hydrogen-bond donors (Lipinski definition) is 1. The highest BCUT2D eigenvalue weighted by Gasteiger charge is 2.04. The molecule has 0 bridgehead atoms. The van der Waals surface area contributed by atoms with Crippen molar-refractivity contribution in [1.82, 2.24) is 10.3 Å². The van der Waals surface area contributed by atoms with Crippen molar-refractivity contribution in [1.29, 1.82) is 0 Å². The fourth-order valence-corrected chi connectivity index (χ4v) is 2.31. The van der Waals surface area contributed by atoms with E-state index in [1.54, 1.807) is 6.20 Å². The molecule has 2 aromatic carbocycles. The minimum absolute atomic E-state index is 0.811. The number of hydrogen-bond acceptors (Lipinski definition) is 3. The normalized spacial score (nSPS) is 10.8. The van der Waals surface area contributed by atoms with Gasteiger partial charge < -0.3 is 10.1 Å². The summed E-state index contributed by atoms with van der Waals surface area (Å²) < 4.78 is 6.04. The summed E-state index contributed by atoms with van der Waals surface area (Å²) in [4.78, 5) is 4.36. The van der Waals surface area contributed by atoms with Crippen LogP contribution in [0.4, 0.5) is 0 Å². The van der Waals surface area contributed by atoms with Crippen molar-refractivity contribution in [2.45, 2.75) is 13.5 Å². The third-order valence-electron chi connectivity index (χ3n) is 3.44. The highest BCUT2D eigenvalue weighted by atomic mass is 16.5. The first-order chi connectivity index (χ1) is 10.3. The van der Waals surface area contributed by atoms with Crippen molar-refractivity contribution in [2.24, 2.45) is 0 Å². The van der Waals surface area contributed by atoms with Crippen LogP contribution in [0.3, 0.4) is 0 Å². The third-order valence-corrected chi connectivity index (χ3v) is 3.44. The number of ether oxygens (including phenoxy) is 1. The van der Waals surface area contributed by atoms with Crippen LogP contribution in [0, 0.1) is 6.92 Å². The molecule has 3 aromatic rings. The number of rotatable bonds is 4. The maximum atomic E-state index is 6.04. The van der Waals surface area contributed by atoms with Gasteiger partial charge in [0.2, 0.25) is 0 Å². The van der Waals surface area contributed by atoms with E-state index in [1.807, 2.05) is 37.4 Å². The Morgan fingerprint density at radius 2 is 2.00 bits per heavy atom. The molecule has 3 nitrogen and oxygen atoms in total. The summed E-state index contributed by atoms with van der Waals surface area (Å²) in [5, 5.41) is 4.27. The van der Waals surface area contributed by atoms with Crippen LogP contribution in [0.2, 0.25) is 0 Å². The molecule has 0 fully saturated rings. The van der Waals surface area contributed by atoms with Gasteiger partial charge in [-0.25, -0.2) is 0 Å². The predicted molar refractivity (Wildman–Crippen MR) is 85.8 cm³/mol. The van der Waals surface area contributed by atoms with E-state index in [0.29, 0.717) is 0 Å². The summed E-state index contributed by atoms with van der Waals surface area (Å²) >= 11 is 0. The molecule has 1 N–H and O–H groups in total. The smallest absolute Gasteiger partial charge is 0.130 e. The molecule has 0 spiro atoms. The summed E-state index contributed by atoms with van der Waals surface area (Å²) in [6.45, 7) is 2.88. The Kier molecular flexibility index (Phi) is 3.84. The molecule has 0 unspecified atom stereocenters. The molecule has 1 aromatic heterocycles. The topological polar surface area (TPSA) is 34.1 Å². The van der Waals surface area contributed by atoms with Gasteiger partial charge in [-0.2, -0.15) is 0 Å². The Bertz CT molecular complexity index is 768. The van der Waals surface area contributed by atoms with Gasteiger partial charge >= 0.3 is 0 Å². The van der Waals surface area contributed by atoms with Crippen LogP contribution in [0.15, 0.2) is 54.7 Å². The minimum atomic E-state index is 0.811. The van der Waals surface area contributed by atoms with Crippen LogP contribution in [-0.4, -0.2) is 12.0 Å². The molecule has 0 saturated heterocycles. The Morgan fingerprint density at radius 1 is 1.10 bits per heavy atom. The first-order valence-corrected chi connectivity index (χ1v) is 7.03. The van der Waals surface area contributed by atoms with E-state index in [9.17, 15) is 0 Å². The summed E-state index contributed by atoms with van der Waals surface area (Å²) in [5.74, 6) is 1.70. The van der Waals surface area contributed by atoms with E-state index < -0.39 is 0 Å². The van der Waals surface area contributed by atoms with Crippen LogP contribution in [0.5, 0.6) is 11.5 Å². The molecule has 0 aliphatic carbocycles. The number of aryl methyl sites for hydroxylation is 1. The van der Waals surface area contributed by atoms with Gasteiger partial charge in [-0.3, -0.25) is 4.98 Å². The number of nitrogens with one attached hydrogen (secondary N) is 1. The molecule has 0 aliphatic heterocycles. The molecule has 0 atom stereocenters. The average molecular weight is 278 g/mol. The van der Waals surface area contributed by atoms with Gasteiger partial charge in [0.1, 0.15) is 11.5 Å². The lowest BCUT2D eigenvalue weighted by Crippen LogP contribution is -2.05. The van der Waals surface area contributed by atoms with Gasteiger partial charge in [-0.15, -0.1) is 0 Å². The molecule has 0 aliphatic rings.